The fraction of sp³-hybridized carbons (Fsp3) is 0.263. The lowest BCUT2D eigenvalue weighted by molar-refractivity contribution is 0.206. The van der Waals surface area contributed by atoms with E-state index in [0.717, 1.165) is 36.2 Å². The Morgan fingerprint density at radius 1 is 1.21 bits per heavy atom. The SMILES string of the molecule is Cc1c(C(O)c2c(C3CC3)ncc3cncn23)nnn1-c1ccc(F)cc1F. The van der Waals surface area contributed by atoms with Gasteiger partial charge in [0.05, 0.1) is 41.3 Å². The molecule has 1 aromatic carbocycles. The smallest absolute Gasteiger partial charge is 0.151 e. The predicted molar refractivity (Wildman–Crippen MR) is 95.0 cm³/mol. The maximum atomic E-state index is 14.2. The summed E-state index contributed by atoms with van der Waals surface area (Å²) in [6, 6.07) is 3.22. The van der Waals surface area contributed by atoms with E-state index in [1.165, 1.54) is 10.7 Å². The Balaban J connectivity index is 1.63. The van der Waals surface area contributed by atoms with Crippen LogP contribution in [0, 0.1) is 18.6 Å². The molecule has 3 aromatic heterocycles. The molecule has 3 heterocycles. The molecule has 28 heavy (non-hydrogen) atoms. The molecule has 0 radical (unpaired) electrons. The zero-order valence-corrected chi connectivity index (χ0v) is 14.9. The quantitative estimate of drug-likeness (QED) is 0.587. The van der Waals surface area contributed by atoms with E-state index in [1.54, 1.807) is 30.0 Å². The van der Waals surface area contributed by atoms with Crippen molar-refractivity contribution in [3.63, 3.8) is 0 Å². The van der Waals surface area contributed by atoms with E-state index in [-0.39, 0.29) is 11.4 Å². The van der Waals surface area contributed by atoms with Crippen molar-refractivity contribution in [2.75, 3.05) is 0 Å². The van der Waals surface area contributed by atoms with Gasteiger partial charge in [-0.05, 0) is 31.9 Å². The van der Waals surface area contributed by atoms with Gasteiger partial charge in [-0.25, -0.2) is 18.4 Å². The highest BCUT2D eigenvalue weighted by molar-refractivity contribution is 5.47. The molecule has 0 aliphatic heterocycles. The second-order valence-electron chi connectivity index (χ2n) is 6.96. The maximum absolute atomic E-state index is 14.2. The summed E-state index contributed by atoms with van der Waals surface area (Å²) >= 11 is 0. The van der Waals surface area contributed by atoms with E-state index in [4.69, 9.17) is 0 Å². The Morgan fingerprint density at radius 2 is 2.04 bits per heavy atom. The molecule has 0 amide bonds. The zero-order valence-electron chi connectivity index (χ0n) is 14.9. The number of hydrogen-bond donors (Lipinski definition) is 1. The Bertz CT molecular complexity index is 1200. The molecule has 1 saturated carbocycles. The summed E-state index contributed by atoms with van der Waals surface area (Å²) in [6.07, 6.45) is 5.93. The summed E-state index contributed by atoms with van der Waals surface area (Å²) in [7, 11) is 0. The molecule has 0 saturated heterocycles. The van der Waals surface area contributed by atoms with Crippen molar-refractivity contribution in [3.05, 3.63) is 71.3 Å². The molecule has 5 rings (SSSR count). The molecule has 1 unspecified atom stereocenters. The van der Waals surface area contributed by atoms with E-state index in [9.17, 15) is 13.9 Å². The van der Waals surface area contributed by atoms with Crippen LogP contribution in [0.25, 0.3) is 11.2 Å². The number of aliphatic hydroxyl groups excluding tert-OH is 1. The van der Waals surface area contributed by atoms with Crippen molar-refractivity contribution in [2.24, 2.45) is 0 Å². The van der Waals surface area contributed by atoms with Crippen LogP contribution in [0.1, 0.15) is 47.6 Å². The first-order valence-electron chi connectivity index (χ1n) is 8.91. The number of nitrogens with zero attached hydrogens (tertiary/aromatic N) is 6. The lowest BCUT2D eigenvalue weighted by atomic mass is 10.1. The number of aromatic nitrogens is 6. The summed E-state index contributed by atoms with van der Waals surface area (Å²) in [5.41, 5.74) is 2.96. The van der Waals surface area contributed by atoms with Gasteiger partial charge in [0.15, 0.2) is 5.82 Å². The van der Waals surface area contributed by atoms with Gasteiger partial charge in [-0.1, -0.05) is 5.21 Å². The number of rotatable bonds is 4. The van der Waals surface area contributed by atoms with Crippen LogP contribution in [0.2, 0.25) is 0 Å². The minimum absolute atomic E-state index is 0.0613. The van der Waals surface area contributed by atoms with Gasteiger partial charge >= 0.3 is 0 Å². The fourth-order valence-corrected chi connectivity index (χ4v) is 3.48. The third kappa shape index (κ3) is 2.58. The first-order chi connectivity index (χ1) is 13.5. The van der Waals surface area contributed by atoms with Crippen molar-refractivity contribution in [1.82, 2.24) is 29.4 Å². The molecule has 0 spiro atoms. The Morgan fingerprint density at radius 3 is 2.79 bits per heavy atom. The van der Waals surface area contributed by atoms with Gasteiger partial charge in [0.25, 0.3) is 0 Å². The molecule has 7 nitrogen and oxygen atoms in total. The number of hydrogen-bond acceptors (Lipinski definition) is 5. The average molecular weight is 382 g/mol. The average Bonchev–Trinajstić information content (AvgIpc) is 3.29. The van der Waals surface area contributed by atoms with Crippen molar-refractivity contribution in [3.8, 4) is 5.69 Å². The lowest BCUT2D eigenvalue weighted by Crippen LogP contribution is -2.13. The van der Waals surface area contributed by atoms with Gasteiger partial charge in [-0.3, -0.25) is 9.38 Å². The summed E-state index contributed by atoms with van der Waals surface area (Å²) in [5.74, 6) is -1.14. The van der Waals surface area contributed by atoms with Crippen molar-refractivity contribution < 1.29 is 13.9 Å². The topological polar surface area (TPSA) is 81.1 Å². The normalized spacial score (nSPS) is 15.3. The van der Waals surface area contributed by atoms with Crippen molar-refractivity contribution in [2.45, 2.75) is 31.8 Å². The zero-order chi connectivity index (χ0) is 19.4. The first kappa shape index (κ1) is 16.9. The van der Waals surface area contributed by atoms with E-state index in [0.29, 0.717) is 17.3 Å². The van der Waals surface area contributed by atoms with Gasteiger partial charge in [-0.15, -0.1) is 5.10 Å². The summed E-state index contributed by atoms with van der Waals surface area (Å²) < 4.78 is 30.5. The van der Waals surface area contributed by atoms with E-state index in [1.807, 2.05) is 0 Å². The predicted octanol–water partition coefficient (Wildman–Crippen LogP) is 2.86. The van der Waals surface area contributed by atoms with Crippen LogP contribution in [0.5, 0.6) is 0 Å². The third-order valence-electron chi connectivity index (χ3n) is 5.08. The van der Waals surface area contributed by atoms with Crippen molar-refractivity contribution >= 4 is 5.52 Å². The number of halogens is 2. The van der Waals surface area contributed by atoms with Gasteiger partial charge in [0.2, 0.25) is 0 Å². The molecule has 0 bridgehead atoms. The number of benzene rings is 1. The molecular formula is C19H16F2N6O. The Kier molecular flexibility index (Phi) is 3.73. The highest BCUT2D eigenvalue weighted by Gasteiger charge is 2.33. The molecule has 1 N–H and O–H groups in total. The van der Waals surface area contributed by atoms with E-state index < -0.39 is 17.7 Å². The fourth-order valence-electron chi connectivity index (χ4n) is 3.48. The van der Waals surface area contributed by atoms with Gasteiger partial charge in [-0.2, -0.15) is 0 Å². The molecular weight excluding hydrogens is 366 g/mol. The standard InChI is InChI=1S/C19H16F2N6O/c1-10-16(24-25-27(10)15-5-4-12(20)6-14(15)21)19(28)18-17(11-2-3-11)23-8-13-7-22-9-26(13)18/h4-9,11,19,28H,2-3H2,1H3. The second kappa shape index (κ2) is 6.16. The highest BCUT2D eigenvalue weighted by Crippen LogP contribution is 2.43. The first-order valence-corrected chi connectivity index (χ1v) is 8.91. The monoisotopic (exact) mass is 382 g/mol. The summed E-state index contributed by atoms with van der Waals surface area (Å²) in [4.78, 5) is 8.67. The van der Waals surface area contributed by atoms with Crippen LogP contribution >= 0.6 is 0 Å². The van der Waals surface area contributed by atoms with Gasteiger partial charge < -0.3 is 5.11 Å². The van der Waals surface area contributed by atoms with E-state index >= 15 is 0 Å². The molecule has 4 aromatic rings. The minimum atomic E-state index is -1.11. The lowest BCUT2D eigenvalue weighted by Gasteiger charge is -2.16. The Hall–Kier alpha value is -3.20. The van der Waals surface area contributed by atoms with Gasteiger partial charge in [0, 0.05) is 12.0 Å². The highest BCUT2D eigenvalue weighted by atomic mass is 19.1. The van der Waals surface area contributed by atoms with Crippen molar-refractivity contribution in [1.29, 1.82) is 0 Å². The van der Waals surface area contributed by atoms with Gasteiger partial charge in [0.1, 0.15) is 23.3 Å². The molecule has 1 fully saturated rings. The van der Waals surface area contributed by atoms with Crippen LogP contribution < -0.4 is 0 Å². The van der Waals surface area contributed by atoms with E-state index in [2.05, 4.69) is 20.3 Å². The van der Waals surface area contributed by atoms with Crippen LogP contribution in [0.15, 0.2) is 36.9 Å². The number of imidazole rings is 1. The van der Waals surface area contributed by atoms with Crippen LogP contribution in [0.4, 0.5) is 8.78 Å². The maximum Gasteiger partial charge on any atom is 0.151 e. The second-order valence-corrected chi connectivity index (χ2v) is 6.96. The molecule has 1 aliphatic carbocycles. The van der Waals surface area contributed by atoms with Crippen LogP contribution in [-0.2, 0) is 0 Å². The van der Waals surface area contributed by atoms with Crippen LogP contribution in [-0.4, -0.2) is 34.5 Å². The molecule has 1 aliphatic rings. The summed E-state index contributed by atoms with van der Waals surface area (Å²) in [5, 5.41) is 19.2. The Labute approximate surface area is 158 Å². The molecule has 9 heteroatoms. The number of aliphatic hydroxyl groups is 1. The molecule has 1 atom stereocenters. The third-order valence-corrected chi connectivity index (χ3v) is 5.08. The summed E-state index contributed by atoms with van der Waals surface area (Å²) in [6.45, 7) is 1.68. The number of fused-ring (bicyclic) bond motifs is 1. The molecule has 142 valence electrons. The van der Waals surface area contributed by atoms with Crippen LogP contribution in [0.3, 0.4) is 0 Å². The minimum Gasteiger partial charge on any atom is -0.380 e. The largest absolute Gasteiger partial charge is 0.380 e.